The number of furan rings is 2. The molecule has 0 spiro atoms. The van der Waals surface area contributed by atoms with E-state index in [1.54, 1.807) is 12.5 Å². The Balaban J connectivity index is 2.36. The van der Waals surface area contributed by atoms with Crippen LogP contribution >= 0.6 is 15.9 Å². The monoisotopic (exact) mass is 256 g/mol. The molecule has 74 valence electrons. The molecule has 0 aromatic carbocycles. The molecule has 0 amide bonds. The van der Waals surface area contributed by atoms with Gasteiger partial charge in [0, 0.05) is 5.56 Å². The third-order valence-corrected chi connectivity index (χ3v) is 2.60. The number of rotatable bonds is 3. The average Bonchev–Trinajstić information content (AvgIpc) is 2.80. The quantitative estimate of drug-likeness (QED) is 0.653. The van der Waals surface area contributed by atoms with Gasteiger partial charge in [-0.15, -0.1) is 0 Å². The SMILES string of the molecule is NNC(c1ccco1)c1ccoc1Br. The molecule has 2 rings (SSSR count). The van der Waals surface area contributed by atoms with E-state index in [1.807, 2.05) is 18.2 Å². The lowest BCUT2D eigenvalue weighted by atomic mass is 10.1. The highest BCUT2D eigenvalue weighted by molar-refractivity contribution is 9.10. The Labute approximate surface area is 89.2 Å². The largest absolute Gasteiger partial charge is 0.467 e. The van der Waals surface area contributed by atoms with Gasteiger partial charge in [-0.25, -0.2) is 5.43 Å². The summed E-state index contributed by atoms with van der Waals surface area (Å²) in [6, 6.07) is 5.30. The number of halogens is 1. The van der Waals surface area contributed by atoms with Crippen LogP contribution in [0.3, 0.4) is 0 Å². The summed E-state index contributed by atoms with van der Waals surface area (Å²) in [5.74, 6) is 6.20. The van der Waals surface area contributed by atoms with Crippen molar-refractivity contribution in [1.82, 2.24) is 5.43 Å². The van der Waals surface area contributed by atoms with Crippen LogP contribution in [0.1, 0.15) is 17.4 Å². The van der Waals surface area contributed by atoms with Crippen molar-refractivity contribution in [3.63, 3.8) is 0 Å². The smallest absolute Gasteiger partial charge is 0.174 e. The predicted octanol–water partition coefficient (Wildman–Crippen LogP) is 2.19. The minimum absolute atomic E-state index is 0.196. The molecule has 14 heavy (non-hydrogen) atoms. The first-order valence-corrected chi connectivity index (χ1v) is 4.84. The van der Waals surface area contributed by atoms with Gasteiger partial charge in [0.25, 0.3) is 0 Å². The van der Waals surface area contributed by atoms with Crippen LogP contribution < -0.4 is 11.3 Å². The third-order valence-electron chi connectivity index (χ3n) is 1.95. The van der Waals surface area contributed by atoms with Crippen molar-refractivity contribution >= 4 is 15.9 Å². The van der Waals surface area contributed by atoms with Crippen LogP contribution in [0.15, 0.2) is 44.2 Å². The first-order valence-electron chi connectivity index (χ1n) is 4.05. The van der Waals surface area contributed by atoms with Gasteiger partial charge in [0.2, 0.25) is 0 Å². The number of nitrogens with two attached hydrogens (primary N) is 1. The first kappa shape index (κ1) is 9.51. The average molecular weight is 257 g/mol. The molecule has 4 nitrogen and oxygen atoms in total. The number of hydrogen-bond acceptors (Lipinski definition) is 4. The second kappa shape index (κ2) is 4.00. The second-order valence-electron chi connectivity index (χ2n) is 2.76. The zero-order valence-electron chi connectivity index (χ0n) is 7.24. The van der Waals surface area contributed by atoms with Crippen molar-refractivity contribution in [2.24, 2.45) is 5.84 Å². The van der Waals surface area contributed by atoms with E-state index in [0.29, 0.717) is 4.67 Å². The Morgan fingerprint density at radius 3 is 2.64 bits per heavy atom. The molecule has 0 radical (unpaired) electrons. The molecule has 2 heterocycles. The molecule has 1 atom stereocenters. The summed E-state index contributed by atoms with van der Waals surface area (Å²) in [7, 11) is 0. The number of hydrazine groups is 1. The van der Waals surface area contributed by atoms with Crippen LogP contribution in [-0.2, 0) is 0 Å². The summed E-state index contributed by atoms with van der Waals surface area (Å²) in [6.07, 6.45) is 3.19. The van der Waals surface area contributed by atoms with Crippen LogP contribution in [-0.4, -0.2) is 0 Å². The van der Waals surface area contributed by atoms with Crippen molar-refractivity contribution in [2.45, 2.75) is 6.04 Å². The van der Waals surface area contributed by atoms with E-state index in [4.69, 9.17) is 14.7 Å². The molecule has 1 unspecified atom stereocenters. The van der Waals surface area contributed by atoms with Gasteiger partial charge in [-0.2, -0.15) is 0 Å². The highest BCUT2D eigenvalue weighted by Crippen LogP contribution is 2.28. The van der Waals surface area contributed by atoms with E-state index in [1.165, 1.54) is 0 Å². The minimum Gasteiger partial charge on any atom is -0.467 e. The zero-order valence-corrected chi connectivity index (χ0v) is 8.82. The predicted molar refractivity (Wildman–Crippen MR) is 54.3 cm³/mol. The van der Waals surface area contributed by atoms with Gasteiger partial charge in [-0.1, -0.05) is 0 Å². The van der Waals surface area contributed by atoms with E-state index < -0.39 is 0 Å². The van der Waals surface area contributed by atoms with Crippen LogP contribution in [0.5, 0.6) is 0 Å². The van der Waals surface area contributed by atoms with Gasteiger partial charge < -0.3 is 8.83 Å². The molecule has 0 aliphatic heterocycles. The Morgan fingerprint density at radius 1 is 1.29 bits per heavy atom. The summed E-state index contributed by atoms with van der Waals surface area (Å²) in [4.78, 5) is 0. The summed E-state index contributed by atoms with van der Waals surface area (Å²) in [6.45, 7) is 0. The van der Waals surface area contributed by atoms with Gasteiger partial charge in [0.05, 0.1) is 12.5 Å². The van der Waals surface area contributed by atoms with E-state index in [-0.39, 0.29) is 6.04 Å². The molecule has 0 fully saturated rings. The first-order chi connectivity index (χ1) is 6.83. The maximum atomic E-state index is 5.45. The molecule has 5 heteroatoms. The Kier molecular flexibility index (Phi) is 2.72. The topological polar surface area (TPSA) is 64.3 Å². The maximum absolute atomic E-state index is 5.45. The molecular weight excluding hydrogens is 248 g/mol. The summed E-state index contributed by atoms with van der Waals surface area (Å²) >= 11 is 3.29. The fraction of sp³-hybridized carbons (Fsp3) is 0.111. The van der Waals surface area contributed by atoms with Crippen molar-refractivity contribution in [3.8, 4) is 0 Å². The standard InChI is InChI=1S/C9H9BrN2O2/c10-9-6(3-5-14-9)8(12-11)7-2-1-4-13-7/h1-5,8,12H,11H2. The summed E-state index contributed by atoms with van der Waals surface area (Å²) in [5.41, 5.74) is 3.57. The molecule has 0 aliphatic rings. The molecular formula is C9H9BrN2O2. The highest BCUT2D eigenvalue weighted by atomic mass is 79.9. The lowest BCUT2D eigenvalue weighted by Crippen LogP contribution is -2.28. The lowest BCUT2D eigenvalue weighted by molar-refractivity contribution is 0.445. The van der Waals surface area contributed by atoms with Gasteiger partial charge in [0.15, 0.2) is 4.67 Å². The fourth-order valence-electron chi connectivity index (χ4n) is 1.29. The van der Waals surface area contributed by atoms with Crippen LogP contribution in [0, 0.1) is 0 Å². The molecule has 2 aromatic heterocycles. The molecule has 3 N–H and O–H groups in total. The molecule has 2 aromatic rings. The maximum Gasteiger partial charge on any atom is 0.174 e. The summed E-state index contributed by atoms with van der Waals surface area (Å²) in [5, 5.41) is 0. The van der Waals surface area contributed by atoms with Crippen molar-refractivity contribution in [1.29, 1.82) is 0 Å². The van der Waals surface area contributed by atoms with Crippen LogP contribution in [0.25, 0.3) is 0 Å². The second-order valence-corrected chi connectivity index (χ2v) is 3.48. The van der Waals surface area contributed by atoms with Crippen molar-refractivity contribution < 1.29 is 8.83 Å². The molecule has 0 saturated carbocycles. The molecule has 0 aliphatic carbocycles. The zero-order chi connectivity index (χ0) is 9.97. The normalized spacial score (nSPS) is 13.0. The fourth-order valence-corrected chi connectivity index (χ4v) is 1.76. The Bertz CT molecular complexity index is 397. The van der Waals surface area contributed by atoms with Gasteiger partial charge in [-0.05, 0) is 34.1 Å². The van der Waals surface area contributed by atoms with Gasteiger partial charge in [-0.3, -0.25) is 5.84 Å². The Morgan fingerprint density at radius 2 is 2.14 bits per heavy atom. The van der Waals surface area contributed by atoms with E-state index >= 15 is 0 Å². The van der Waals surface area contributed by atoms with Crippen LogP contribution in [0.2, 0.25) is 0 Å². The van der Waals surface area contributed by atoms with Crippen LogP contribution in [0.4, 0.5) is 0 Å². The van der Waals surface area contributed by atoms with Crippen molar-refractivity contribution in [3.05, 3.63) is 46.7 Å². The van der Waals surface area contributed by atoms with Gasteiger partial charge in [0.1, 0.15) is 11.8 Å². The van der Waals surface area contributed by atoms with E-state index in [2.05, 4.69) is 21.4 Å². The van der Waals surface area contributed by atoms with Gasteiger partial charge >= 0.3 is 0 Å². The molecule has 0 bridgehead atoms. The minimum atomic E-state index is -0.196. The highest BCUT2D eigenvalue weighted by Gasteiger charge is 2.19. The lowest BCUT2D eigenvalue weighted by Gasteiger charge is -2.11. The molecule has 0 saturated heterocycles. The summed E-state index contributed by atoms with van der Waals surface area (Å²) < 4.78 is 11.0. The number of hydrogen-bond donors (Lipinski definition) is 2. The Hall–Kier alpha value is -1.04. The van der Waals surface area contributed by atoms with E-state index in [9.17, 15) is 0 Å². The van der Waals surface area contributed by atoms with E-state index in [0.717, 1.165) is 11.3 Å². The van der Waals surface area contributed by atoms with Crippen molar-refractivity contribution in [2.75, 3.05) is 0 Å². The number of nitrogens with one attached hydrogen (secondary N) is 1. The third kappa shape index (κ3) is 1.61.